The Labute approximate surface area is 108 Å². The van der Waals surface area contributed by atoms with Crippen LogP contribution in [0.1, 0.15) is 48.5 Å². The molecular weight excluding hydrogens is 228 g/mol. The van der Waals surface area contributed by atoms with Crippen LogP contribution < -0.4 is 0 Å². The summed E-state index contributed by atoms with van der Waals surface area (Å²) in [5.41, 5.74) is 1.99. The van der Waals surface area contributed by atoms with Crippen molar-refractivity contribution in [3.63, 3.8) is 0 Å². The fourth-order valence-electron chi connectivity index (χ4n) is 1.73. The third kappa shape index (κ3) is 4.70. The van der Waals surface area contributed by atoms with E-state index in [0.717, 1.165) is 18.4 Å². The molecule has 1 aromatic carbocycles. The first kappa shape index (κ1) is 14.4. The van der Waals surface area contributed by atoms with E-state index in [2.05, 4.69) is 11.7 Å². The van der Waals surface area contributed by atoms with Gasteiger partial charge in [-0.3, -0.25) is 9.59 Å². The molecule has 0 N–H and O–H groups in total. The van der Waals surface area contributed by atoms with Crippen LogP contribution in [-0.4, -0.2) is 18.9 Å². The molecule has 1 rings (SSSR count). The van der Waals surface area contributed by atoms with E-state index in [0.29, 0.717) is 19.3 Å². The second-order valence-electron chi connectivity index (χ2n) is 4.26. The summed E-state index contributed by atoms with van der Waals surface area (Å²) in [6, 6.07) is 7.73. The van der Waals surface area contributed by atoms with Crippen molar-refractivity contribution >= 4 is 11.8 Å². The number of Topliss-reactive ketones (excluding diaryl/α,β-unsaturated/α-hetero) is 1. The third-order valence-corrected chi connectivity index (χ3v) is 2.95. The zero-order chi connectivity index (χ0) is 13.4. The van der Waals surface area contributed by atoms with E-state index in [4.69, 9.17) is 0 Å². The highest BCUT2D eigenvalue weighted by Gasteiger charge is 2.06. The lowest BCUT2D eigenvalue weighted by atomic mass is 10.0. The van der Waals surface area contributed by atoms with Gasteiger partial charge >= 0.3 is 5.97 Å². The molecule has 0 heterocycles. The lowest BCUT2D eigenvalue weighted by Crippen LogP contribution is -2.02. The predicted octanol–water partition coefficient (Wildman–Crippen LogP) is 3.17. The molecule has 0 unspecified atom stereocenters. The Morgan fingerprint density at radius 2 is 1.67 bits per heavy atom. The van der Waals surface area contributed by atoms with E-state index >= 15 is 0 Å². The van der Waals surface area contributed by atoms with Crippen LogP contribution in [-0.2, 0) is 16.0 Å². The van der Waals surface area contributed by atoms with Gasteiger partial charge < -0.3 is 4.74 Å². The number of rotatable bonds is 7. The van der Waals surface area contributed by atoms with Crippen LogP contribution in [0, 0.1) is 0 Å². The molecule has 98 valence electrons. The molecule has 0 fully saturated rings. The molecule has 0 saturated carbocycles. The zero-order valence-electron chi connectivity index (χ0n) is 11.1. The highest BCUT2D eigenvalue weighted by molar-refractivity contribution is 5.96. The summed E-state index contributed by atoms with van der Waals surface area (Å²) in [6.45, 7) is 2.09. The van der Waals surface area contributed by atoms with Crippen molar-refractivity contribution in [2.24, 2.45) is 0 Å². The van der Waals surface area contributed by atoms with E-state index in [9.17, 15) is 9.59 Å². The van der Waals surface area contributed by atoms with Crippen molar-refractivity contribution in [1.29, 1.82) is 0 Å². The number of ether oxygens (including phenoxy) is 1. The molecule has 0 aromatic heterocycles. The van der Waals surface area contributed by atoms with E-state index in [1.165, 1.54) is 12.7 Å². The first-order valence-corrected chi connectivity index (χ1v) is 6.36. The predicted molar refractivity (Wildman–Crippen MR) is 70.6 cm³/mol. The van der Waals surface area contributed by atoms with Crippen LogP contribution in [0.25, 0.3) is 0 Å². The highest BCUT2D eigenvalue weighted by Crippen LogP contribution is 2.10. The number of benzene rings is 1. The Hall–Kier alpha value is -1.64. The molecule has 0 saturated heterocycles. The molecule has 0 atom stereocenters. The maximum absolute atomic E-state index is 11.8. The summed E-state index contributed by atoms with van der Waals surface area (Å²) in [5.74, 6) is -0.0720. The molecule has 3 heteroatoms. The van der Waals surface area contributed by atoms with E-state index in [1.54, 1.807) is 0 Å². The Morgan fingerprint density at radius 3 is 2.22 bits per heavy atom. The fraction of sp³-hybridized carbons (Fsp3) is 0.467. The number of aryl methyl sites for hydroxylation is 1. The number of esters is 1. The van der Waals surface area contributed by atoms with Gasteiger partial charge in [0.15, 0.2) is 5.78 Å². The Kier molecular flexibility index (Phi) is 6.12. The van der Waals surface area contributed by atoms with Gasteiger partial charge in [0.2, 0.25) is 0 Å². The Morgan fingerprint density at radius 1 is 1.06 bits per heavy atom. The molecule has 0 aliphatic carbocycles. The summed E-state index contributed by atoms with van der Waals surface area (Å²) in [7, 11) is 1.38. The number of hydrogen-bond acceptors (Lipinski definition) is 3. The molecule has 1 aromatic rings. The quantitative estimate of drug-likeness (QED) is 0.423. The van der Waals surface area contributed by atoms with Gasteiger partial charge in [-0.05, 0) is 24.8 Å². The number of ketones is 1. The van der Waals surface area contributed by atoms with Gasteiger partial charge in [-0.2, -0.15) is 0 Å². The molecule has 0 spiro atoms. The molecule has 18 heavy (non-hydrogen) atoms. The van der Waals surface area contributed by atoms with Crippen molar-refractivity contribution in [3.05, 3.63) is 35.4 Å². The summed E-state index contributed by atoms with van der Waals surface area (Å²) in [6.07, 6.45) is 3.28. The summed E-state index contributed by atoms with van der Waals surface area (Å²) < 4.78 is 4.54. The van der Waals surface area contributed by atoms with Crippen LogP contribution in [0.15, 0.2) is 24.3 Å². The number of hydrogen-bond donors (Lipinski definition) is 0. The molecule has 0 bridgehead atoms. The van der Waals surface area contributed by atoms with Crippen LogP contribution in [0.4, 0.5) is 0 Å². The number of methoxy groups -OCH3 is 1. The van der Waals surface area contributed by atoms with Crippen LogP contribution in [0.3, 0.4) is 0 Å². The molecule has 0 aliphatic rings. The zero-order valence-corrected chi connectivity index (χ0v) is 11.1. The van der Waals surface area contributed by atoms with Crippen LogP contribution >= 0.6 is 0 Å². The van der Waals surface area contributed by atoms with Gasteiger partial charge in [-0.15, -0.1) is 0 Å². The lowest BCUT2D eigenvalue weighted by Gasteiger charge is -2.02. The summed E-state index contributed by atoms with van der Waals surface area (Å²) >= 11 is 0. The van der Waals surface area contributed by atoms with Crippen molar-refractivity contribution < 1.29 is 14.3 Å². The van der Waals surface area contributed by atoms with E-state index in [-0.39, 0.29) is 11.8 Å². The fourth-order valence-corrected chi connectivity index (χ4v) is 1.73. The average molecular weight is 248 g/mol. The molecule has 0 amide bonds. The molecule has 0 radical (unpaired) electrons. The van der Waals surface area contributed by atoms with Crippen molar-refractivity contribution in [1.82, 2.24) is 0 Å². The first-order chi connectivity index (χ1) is 8.67. The van der Waals surface area contributed by atoms with Gasteiger partial charge in [-0.1, -0.05) is 31.2 Å². The van der Waals surface area contributed by atoms with Gasteiger partial charge in [0.1, 0.15) is 0 Å². The van der Waals surface area contributed by atoms with Crippen molar-refractivity contribution in [2.75, 3.05) is 7.11 Å². The minimum Gasteiger partial charge on any atom is -0.469 e. The minimum atomic E-state index is -0.213. The monoisotopic (exact) mass is 248 g/mol. The maximum Gasteiger partial charge on any atom is 0.305 e. The summed E-state index contributed by atoms with van der Waals surface area (Å²) in [5, 5.41) is 0. The van der Waals surface area contributed by atoms with Gasteiger partial charge in [-0.25, -0.2) is 0 Å². The maximum atomic E-state index is 11.8. The van der Waals surface area contributed by atoms with E-state index in [1.807, 2.05) is 24.3 Å². The van der Waals surface area contributed by atoms with Gasteiger partial charge in [0, 0.05) is 18.4 Å². The third-order valence-electron chi connectivity index (χ3n) is 2.95. The van der Waals surface area contributed by atoms with Gasteiger partial charge in [0.05, 0.1) is 7.11 Å². The van der Waals surface area contributed by atoms with Crippen LogP contribution in [0.2, 0.25) is 0 Å². The Bertz CT molecular complexity index is 393. The Balaban J connectivity index is 2.33. The van der Waals surface area contributed by atoms with Crippen molar-refractivity contribution in [2.45, 2.75) is 39.0 Å². The number of carbonyl (C=O) groups excluding carboxylic acids is 2. The molecular formula is C15H20O3. The SMILES string of the molecule is CCc1ccc(C(=O)CCCCC(=O)OC)cc1. The van der Waals surface area contributed by atoms with Gasteiger partial charge in [0.25, 0.3) is 0 Å². The van der Waals surface area contributed by atoms with E-state index < -0.39 is 0 Å². The van der Waals surface area contributed by atoms with Crippen molar-refractivity contribution in [3.8, 4) is 0 Å². The standard InChI is InChI=1S/C15H20O3/c1-3-12-8-10-13(11-9-12)14(16)6-4-5-7-15(17)18-2/h8-11H,3-7H2,1-2H3. The summed E-state index contributed by atoms with van der Waals surface area (Å²) in [4.78, 5) is 22.7. The lowest BCUT2D eigenvalue weighted by molar-refractivity contribution is -0.140. The minimum absolute atomic E-state index is 0.141. The largest absolute Gasteiger partial charge is 0.469 e. The second kappa shape index (κ2) is 7.64. The topological polar surface area (TPSA) is 43.4 Å². The second-order valence-corrected chi connectivity index (χ2v) is 4.26. The smallest absolute Gasteiger partial charge is 0.305 e. The highest BCUT2D eigenvalue weighted by atomic mass is 16.5. The molecule has 3 nitrogen and oxygen atoms in total. The number of carbonyl (C=O) groups is 2. The van der Waals surface area contributed by atoms with Crippen LogP contribution in [0.5, 0.6) is 0 Å². The number of unbranched alkanes of at least 4 members (excludes halogenated alkanes) is 1. The first-order valence-electron chi connectivity index (χ1n) is 6.36. The molecule has 0 aliphatic heterocycles. The average Bonchev–Trinajstić information content (AvgIpc) is 2.43. The normalized spacial score (nSPS) is 10.1.